The van der Waals surface area contributed by atoms with Crippen molar-refractivity contribution < 1.29 is 9.59 Å². The Labute approximate surface area is 91.8 Å². The normalized spacial score (nSPS) is 11.0. The van der Waals surface area contributed by atoms with Gasteiger partial charge in [0.05, 0.1) is 11.1 Å². The molecule has 16 heavy (non-hydrogen) atoms. The van der Waals surface area contributed by atoms with Gasteiger partial charge in [0, 0.05) is 11.6 Å². The highest BCUT2D eigenvalue weighted by Crippen LogP contribution is 2.22. The van der Waals surface area contributed by atoms with Gasteiger partial charge in [-0.05, 0) is 17.7 Å². The third kappa shape index (κ3) is 1.61. The Hall–Kier alpha value is -2.36. The van der Waals surface area contributed by atoms with Crippen LogP contribution in [0.25, 0.3) is 17.0 Å². The minimum atomic E-state index is -0.477. The monoisotopic (exact) mass is 213 g/mol. The summed E-state index contributed by atoms with van der Waals surface area (Å²) < 4.78 is 0. The van der Waals surface area contributed by atoms with Crippen molar-refractivity contribution in [2.75, 3.05) is 0 Å². The number of amides is 1. The molecule has 0 saturated carbocycles. The van der Waals surface area contributed by atoms with Gasteiger partial charge in [-0.2, -0.15) is 0 Å². The third-order valence-electron chi connectivity index (χ3n) is 2.34. The number of fused-ring (bicyclic) bond motifs is 1. The van der Waals surface area contributed by atoms with Crippen molar-refractivity contribution in [2.45, 2.75) is 0 Å². The number of carbonyl (C=O) groups is 1. The van der Waals surface area contributed by atoms with Gasteiger partial charge in [0.2, 0.25) is 6.29 Å². The summed E-state index contributed by atoms with van der Waals surface area (Å²) in [5.74, 6) is -0.477. The molecule has 3 N–H and O–H groups in total. The number of aromatic amines is 1. The number of hydrogen-bond donors (Lipinski definition) is 2. The van der Waals surface area contributed by atoms with Crippen molar-refractivity contribution in [1.82, 2.24) is 4.98 Å². The van der Waals surface area contributed by atoms with E-state index >= 15 is 0 Å². The van der Waals surface area contributed by atoms with E-state index in [0.717, 1.165) is 16.5 Å². The van der Waals surface area contributed by atoms with Crippen LogP contribution in [-0.4, -0.2) is 17.2 Å². The number of aromatic nitrogens is 1. The summed E-state index contributed by atoms with van der Waals surface area (Å²) in [6.07, 6.45) is 6.14. The van der Waals surface area contributed by atoms with Crippen molar-refractivity contribution in [3.8, 4) is 0 Å². The summed E-state index contributed by atoms with van der Waals surface area (Å²) in [6.45, 7) is 0. The maximum absolute atomic E-state index is 11.1. The van der Waals surface area contributed by atoms with Crippen molar-refractivity contribution in [1.29, 1.82) is 0 Å². The van der Waals surface area contributed by atoms with E-state index in [1.165, 1.54) is 6.08 Å². The SMILES string of the molecule is NC(=O)c1c[nH]c2c(/C=C/[C]=O)cccc12. The lowest BCUT2D eigenvalue weighted by Gasteiger charge is -1.96. The number of benzene rings is 1. The zero-order chi connectivity index (χ0) is 11.5. The van der Waals surface area contributed by atoms with Crippen molar-refractivity contribution >= 4 is 29.2 Å². The summed E-state index contributed by atoms with van der Waals surface area (Å²) in [4.78, 5) is 24.2. The summed E-state index contributed by atoms with van der Waals surface area (Å²) in [5, 5.41) is 0.751. The maximum atomic E-state index is 11.1. The fourth-order valence-corrected chi connectivity index (χ4v) is 1.64. The molecule has 1 amide bonds. The number of carbonyl (C=O) groups excluding carboxylic acids is 2. The Morgan fingerprint density at radius 3 is 2.94 bits per heavy atom. The first kappa shape index (κ1) is 10.2. The molecule has 0 atom stereocenters. The Bertz CT molecular complexity index is 582. The Balaban J connectivity index is 2.66. The molecule has 0 fully saturated rings. The molecule has 1 aromatic heterocycles. The molecular formula is C12H9N2O2. The Morgan fingerprint density at radius 1 is 1.44 bits per heavy atom. The third-order valence-corrected chi connectivity index (χ3v) is 2.34. The van der Waals surface area contributed by atoms with Crippen LogP contribution in [-0.2, 0) is 4.79 Å². The first-order valence-corrected chi connectivity index (χ1v) is 4.68. The summed E-state index contributed by atoms with van der Waals surface area (Å²) in [7, 11) is 0. The summed E-state index contributed by atoms with van der Waals surface area (Å²) in [5.41, 5.74) is 7.27. The largest absolute Gasteiger partial charge is 0.366 e. The average molecular weight is 213 g/mol. The van der Waals surface area contributed by atoms with Gasteiger partial charge in [0.1, 0.15) is 0 Å². The number of H-pyrrole nitrogens is 1. The van der Waals surface area contributed by atoms with Crippen molar-refractivity contribution in [3.63, 3.8) is 0 Å². The quantitative estimate of drug-likeness (QED) is 0.756. The van der Waals surface area contributed by atoms with Crippen LogP contribution in [0.5, 0.6) is 0 Å². The fraction of sp³-hybridized carbons (Fsp3) is 0. The minimum absolute atomic E-state index is 0.445. The van der Waals surface area contributed by atoms with Gasteiger partial charge >= 0.3 is 0 Å². The second kappa shape index (κ2) is 4.02. The molecule has 1 radical (unpaired) electrons. The number of primary amides is 1. The van der Waals surface area contributed by atoms with E-state index < -0.39 is 5.91 Å². The second-order valence-electron chi connectivity index (χ2n) is 3.29. The van der Waals surface area contributed by atoms with Crippen LogP contribution in [0.1, 0.15) is 15.9 Å². The van der Waals surface area contributed by atoms with Crippen LogP contribution in [0.3, 0.4) is 0 Å². The Kier molecular flexibility index (Phi) is 2.55. The Morgan fingerprint density at radius 2 is 2.25 bits per heavy atom. The summed E-state index contributed by atoms with van der Waals surface area (Å²) >= 11 is 0. The molecule has 79 valence electrons. The van der Waals surface area contributed by atoms with Crippen molar-refractivity contribution in [2.24, 2.45) is 5.73 Å². The van der Waals surface area contributed by atoms with Gasteiger partial charge in [0.25, 0.3) is 5.91 Å². The molecule has 1 heterocycles. The van der Waals surface area contributed by atoms with Crippen LogP contribution in [0.15, 0.2) is 30.5 Å². The lowest BCUT2D eigenvalue weighted by Crippen LogP contribution is -2.09. The van der Waals surface area contributed by atoms with E-state index in [1.807, 2.05) is 6.07 Å². The molecule has 4 nitrogen and oxygen atoms in total. The molecule has 0 unspecified atom stereocenters. The second-order valence-corrected chi connectivity index (χ2v) is 3.29. The van der Waals surface area contributed by atoms with E-state index in [2.05, 4.69) is 4.98 Å². The number of nitrogens with one attached hydrogen (secondary N) is 1. The van der Waals surface area contributed by atoms with Crippen molar-refractivity contribution in [3.05, 3.63) is 41.6 Å². The molecule has 0 spiro atoms. The first-order chi connectivity index (χ1) is 7.74. The van der Waals surface area contributed by atoms with Crippen LogP contribution >= 0.6 is 0 Å². The number of allylic oxidation sites excluding steroid dienone is 1. The van der Waals surface area contributed by atoms with Crippen LogP contribution in [0.4, 0.5) is 0 Å². The van der Waals surface area contributed by atoms with Crippen LogP contribution < -0.4 is 5.73 Å². The van der Waals surface area contributed by atoms with Gasteiger partial charge < -0.3 is 10.7 Å². The molecule has 2 rings (SSSR count). The van der Waals surface area contributed by atoms with E-state index in [4.69, 9.17) is 5.73 Å². The maximum Gasteiger partial charge on any atom is 0.250 e. The minimum Gasteiger partial charge on any atom is -0.366 e. The molecule has 1 aromatic carbocycles. The molecule has 4 heteroatoms. The predicted molar refractivity (Wildman–Crippen MR) is 61.5 cm³/mol. The number of nitrogens with two attached hydrogens (primary N) is 1. The first-order valence-electron chi connectivity index (χ1n) is 4.68. The zero-order valence-corrected chi connectivity index (χ0v) is 8.36. The molecule has 0 aliphatic heterocycles. The highest BCUT2D eigenvalue weighted by molar-refractivity contribution is 6.07. The average Bonchev–Trinajstić information content (AvgIpc) is 2.70. The van der Waals surface area contributed by atoms with Gasteiger partial charge in [0.15, 0.2) is 0 Å². The summed E-state index contributed by atoms with van der Waals surface area (Å²) in [6, 6.07) is 5.43. The van der Waals surface area contributed by atoms with E-state index in [0.29, 0.717) is 5.56 Å². The standard InChI is InChI=1S/C12H9N2O2/c13-12(16)10-7-14-11-8(4-2-6-15)3-1-5-9(10)11/h1-5,7,14H,(H2,13,16)/b4-2+. The zero-order valence-electron chi connectivity index (χ0n) is 8.36. The fourth-order valence-electron chi connectivity index (χ4n) is 1.64. The highest BCUT2D eigenvalue weighted by atomic mass is 16.1. The topological polar surface area (TPSA) is 76.0 Å². The smallest absolute Gasteiger partial charge is 0.250 e. The van der Waals surface area contributed by atoms with E-state index in [1.54, 1.807) is 30.7 Å². The van der Waals surface area contributed by atoms with Gasteiger partial charge in [-0.15, -0.1) is 0 Å². The molecule has 0 bridgehead atoms. The number of rotatable bonds is 3. The van der Waals surface area contributed by atoms with E-state index in [9.17, 15) is 9.59 Å². The predicted octanol–water partition coefficient (Wildman–Crippen LogP) is 1.39. The van der Waals surface area contributed by atoms with Crippen LogP contribution in [0.2, 0.25) is 0 Å². The molecule has 2 aromatic rings. The highest BCUT2D eigenvalue weighted by Gasteiger charge is 2.09. The molecule has 0 saturated heterocycles. The van der Waals surface area contributed by atoms with Crippen LogP contribution in [0, 0.1) is 0 Å². The lowest BCUT2D eigenvalue weighted by molar-refractivity contribution is 0.100. The lowest BCUT2D eigenvalue weighted by atomic mass is 10.1. The van der Waals surface area contributed by atoms with Gasteiger partial charge in [-0.1, -0.05) is 18.2 Å². The number of para-hydroxylation sites is 1. The molecule has 0 aliphatic carbocycles. The number of hydrogen-bond acceptors (Lipinski definition) is 2. The molecule has 0 aliphatic rings. The van der Waals surface area contributed by atoms with Gasteiger partial charge in [-0.25, -0.2) is 0 Å². The van der Waals surface area contributed by atoms with E-state index in [-0.39, 0.29) is 0 Å². The molecular weight excluding hydrogens is 204 g/mol. The van der Waals surface area contributed by atoms with Gasteiger partial charge in [-0.3, -0.25) is 9.59 Å².